The van der Waals surface area contributed by atoms with Crippen molar-refractivity contribution in [2.24, 2.45) is 0 Å². The van der Waals surface area contributed by atoms with E-state index in [0.29, 0.717) is 30.1 Å². The minimum atomic E-state index is -0.782. The van der Waals surface area contributed by atoms with Gasteiger partial charge in [0.2, 0.25) is 5.91 Å². The van der Waals surface area contributed by atoms with Crippen LogP contribution in [0.25, 0.3) is 0 Å². The minimum absolute atomic E-state index is 0.00972. The Bertz CT molecular complexity index is 642. The topological polar surface area (TPSA) is 87.7 Å². The lowest BCUT2D eigenvalue weighted by Gasteiger charge is -2.20. The first-order chi connectivity index (χ1) is 11.1. The Labute approximate surface area is 134 Å². The third kappa shape index (κ3) is 3.88. The maximum absolute atomic E-state index is 11.9. The van der Waals surface area contributed by atoms with Gasteiger partial charge in [-0.25, -0.2) is 0 Å². The van der Waals surface area contributed by atoms with E-state index in [1.165, 1.54) is 13.2 Å². The Hall–Kier alpha value is -2.83. The van der Waals surface area contributed by atoms with Gasteiger partial charge >= 0.3 is 11.8 Å². The number of methoxy groups -OCH3 is 1. The molecule has 0 aliphatic carbocycles. The molecule has 3 amide bonds. The van der Waals surface area contributed by atoms with Crippen molar-refractivity contribution in [1.29, 1.82) is 0 Å². The van der Waals surface area contributed by atoms with Gasteiger partial charge in [0.25, 0.3) is 0 Å². The summed E-state index contributed by atoms with van der Waals surface area (Å²) in [5.74, 6) is -0.986. The number of nitrogens with zero attached hydrogens (tertiary/aromatic N) is 1. The van der Waals surface area contributed by atoms with Crippen LogP contribution in [0.3, 0.4) is 0 Å². The highest BCUT2D eigenvalue weighted by Crippen LogP contribution is 2.33. The molecule has 2 N–H and O–H groups in total. The van der Waals surface area contributed by atoms with E-state index in [0.717, 1.165) is 6.42 Å². The third-order valence-corrected chi connectivity index (χ3v) is 3.41. The maximum atomic E-state index is 11.9. The number of hydrogen-bond acceptors (Lipinski definition) is 4. The zero-order valence-electron chi connectivity index (χ0n) is 12.9. The van der Waals surface area contributed by atoms with Crippen LogP contribution in [-0.2, 0) is 14.4 Å². The summed E-state index contributed by atoms with van der Waals surface area (Å²) >= 11 is 0. The molecule has 0 atom stereocenters. The molecule has 7 nitrogen and oxygen atoms in total. The molecule has 0 unspecified atom stereocenters. The molecule has 1 fully saturated rings. The number of nitrogens with one attached hydrogen (secondary N) is 2. The van der Waals surface area contributed by atoms with E-state index in [4.69, 9.17) is 4.74 Å². The quantitative estimate of drug-likeness (QED) is 0.628. The van der Waals surface area contributed by atoms with Crippen LogP contribution < -0.4 is 20.3 Å². The molecule has 1 aromatic carbocycles. The van der Waals surface area contributed by atoms with E-state index in [2.05, 4.69) is 17.2 Å². The van der Waals surface area contributed by atoms with E-state index >= 15 is 0 Å². The molecule has 0 aromatic heterocycles. The van der Waals surface area contributed by atoms with Crippen LogP contribution in [0.15, 0.2) is 30.9 Å². The van der Waals surface area contributed by atoms with Crippen molar-refractivity contribution in [3.05, 3.63) is 30.9 Å². The molecule has 122 valence electrons. The Balaban J connectivity index is 2.17. The van der Waals surface area contributed by atoms with Gasteiger partial charge in [0.1, 0.15) is 5.75 Å². The molecule has 0 bridgehead atoms. The minimum Gasteiger partial charge on any atom is -0.495 e. The summed E-state index contributed by atoms with van der Waals surface area (Å²) in [5.41, 5.74) is 0.999. The van der Waals surface area contributed by atoms with Crippen LogP contribution in [0.1, 0.15) is 12.8 Å². The first-order valence-electron chi connectivity index (χ1n) is 7.25. The number of carbonyl (C=O) groups is 3. The number of anilines is 2. The summed E-state index contributed by atoms with van der Waals surface area (Å²) in [6, 6.07) is 4.89. The highest BCUT2D eigenvalue weighted by Gasteiger charge is 2.25. The first kappa shape index (κ1) is 16.5. The standard InChI is InChI=1S/C16H19N3O4/c1-3-8-17-15(21)16(22)18-11-6-7-13(23-2)12(10-11)19-9-4-5-14(19)20/h3,6-7,10H,1,4-5,8-9H2,2H3,(H,17,21)(H,18,22). The highest BCUT2D eigenvalue weighted by atomic mass is 16.5. The molecular weight excluding hydrogens is 298 g/mol. The molecule has 0 saturated carbocycles. The van der Waals surface area contributed by atoms with Gasteiger partial charge in [0.15, 0.2) is 0 Å². The molecule has 1 aliphatic rings. The van der Waals surface area contributed by atoms with Crippen LogP contribution in [0.5, 0.6) is 5.75 Å². The molecular formula is C16H19N3O4. The summed E-state index contributed by atoms with van der Waals surface area (Å²) in [7, 11) is 1.51. The number of rotatable bonds is 5. The average molecular weight is 317 g/mol. The van der Waals surface area contributed by atoms with Gasteiger partial charge in [0.05, 0.1) is 12.8 Å². The predicted molar refractivity (Wildman–Crippen MR) is 86.4 cm³/mol. The van der Waals surface area contributed by atoms with Crippen LogP contribution >= 0.6 is 0 Å². The average Bonchev–Trinajstić information content (AvgIpc) is 2.98. The molecule has 0 radical (unpaired) electrons. The second kappa shape index (κ2) is 7.44. The third-order valence-electron chi connectivity index (χ3n) is 3.41. The molecule has 2 rings (SSSR count). The van der Waals surface area contributed by atoms with Crippen molar-refractivity contribution in [3.8, 4) is 5.75 Å². The monoisotopic (exact) mass is 317 g/mol. The van der Waals surface area contributed by atoms with Crippen molar-refractivity contribution < 1.29 is 19.1 Å². The Morgan fingerprint density at radius 3 is 2.78 bits per heavy atom. The zero-order chi connectivity index (χ0) is 16.8. The second-order valence-corrected chi connectivity index (χ2v) is 4.99. The van der Waals surface area contributed by atoms with Crippen molar-refractivity contribution in [2.75, 3.05) is 30.4 Å². The van der Waals surface area contributed by atoms with Crippen LogP contribution in [0.4, 0.5) is 11.4 Å². The molecule has 23 heavy (non-hydrogen) atoms. The van der Waals surface area contributed by atoms with E-state index in [9.17, 15) is 14.4 Å². The molecule has 0 spiro atoms. The molecule has 7 heteroatoms. The number of amides is 3. The Morgan fingerprint density at radius 2 is 2.17 bits per heavy atom. The lowest BCUT2D eigenvalue weighted by Crippen LogP contribution is -2.35. The largest absolute Gasteiger partial charge is 0.495 e. The second-order valence-electron chi connectivity index (χ2n) is 4.99. The van der Waals surface area contributed by atoms with E-state index in [-0.39, 0.29) is 12.5 Å². The summed E-state index contributed by atoms with van der Waals surface area (Å²) < 4.78 is 5.27. The van der Waals surface area contributed by atoms with E-state index in [1.807, 2.05) is 0 Å². The van der Waals surface area contributed by atoms with Crippen LogP contribution in [0.2, 0.25) is 0 Å². The molecule has 1 aliphatic heterocycles. The summed E-state index contributed by atoms with van der Waals surface area (Å²) in [4.78, 5) is 36.9. The van der Waals surface area contributed by atoms with Crippen molar-refractivity contribution in [3.63, 3.8) is 0 Å². The summed E-state index contributed by atoms with van der Waals surface area (Å²) in [6.07, 6.45) is 2.75. The number of ether oxygens (including phenoxy) is 1. The zero-order valence-corrected chi connectivity index (χ0v) is 12.9. The van der Waals surface area contributed by atoms with Crippen LogP contribution in [-0.4, -0.2) is 37.9 Å². The lowest BCUT2D eigenvalue weighted by molar-refractivity contribution is -0.136. The van der Waals surface area contributed by atoms with Crippen molar-refractivity contribution in [2.45, 2.75) is 12.8 Å². The SMILES string of the molecule is C=CCNC(=O)C(=O)Nc1ccc(OC)c(N2CCCC2=O)c1. The normalized spacial score (nSPS) is 13.6. The fraction of sp³-hybridized carbons (Fsp3) is 0.312. The van der Waals surface area contributed by atoms with Gasteiger partial charge in [-0.2, -0.15) is 0 Å². The van der Waals surface area contributed by atoms with E-state index in [1.54, 1.807) is 23.1 Å². The maximum Gasteiger partial charge on any atom is 0.313 e. The fourth-order valence-electron chi connectivity index (χ4n) is 2.31. The van der Waals surface area contributed by atoms with Crippen molar-refractivity contribution >= 4 is 29.1 Å². The fourth-order valence-corrected chi connectivity index (χ4v) is 2.31. The highest BCUT2D eigenvalue weighted by molar-refractivity contribution is 6.39. The number of benzene rings is 1. The predicted octanol–water partition coefficient (Wildman–Crippen LogP) is 1.06. The van der Waals surface area contributed by atoms with Gasteiger partial charge in [-0.1, -0.05) is 6.08 Å². The first-order valence-corrected chi connectivity index (χ1v) is 7.25. The smallest absolute Gasteiger partial charge is 0.313 e. The molecule has 1 saturated heterocycles. The van der Waals surface area contributed by atoms with Gasteiger partial charge in [-0.15, -0.1) is 6.58 Å². The lowest BCUT2D eigenvalue weighted by atomic mass is 10.2. The molecule has 1 heterocycles. The number of carbonyl (C=O) groups excluding carboxylic acids is 3. The molecule has 1 aromatic rings. The van der Waals surface area contributed by atoms with Gasteiger partial charge in [-0.05, 0) is 24.6 Å². The van der Waals surface area contributed by atoms with E-state index < -0.39 is 11.8 Å². The Kier molecular flexibility index (Phi) is 5.35. The Morgan fingerprint density at radius 1 is 1.39 bits per heavy atom. The summed E-state index contributed by atoms with van der Waals surface area (Å²) in [5, 5.41) is 4.90. The summed E-state index contributed by atoms with van der Waals surface area (Å²) in [6.45, 7) is 4.27. The van der Waals surface area contributed by atoms with Crippen LogP contribution in [0, 0.1) is 0 Å². The van der Waals surface area contributed by atoms with Gasteiger partial charge < -0.3 is 20.3 Å². The van der Waals surface area contributed by atoms with Gasteiger partial charge in [-0.3, -0.25) is 14.4 Å². The number of hydrogen-bond donors (Lipinski definition) is 2. The van der Waals surface area contributed by atoms with Gasteiger partial charge in [0, 0.05) is 25.2 Å². The van der Waals surface area contributed by atoms with Crippen molar-refractivity contribution in [1.82, 2.24) is 5.32 Å².